The van der Waals surface area contributed by atoms with Gasteiger partial charge in [-0.15, -0.1) is 0 Å². The highest BCUT2D eigenvalue weighted by atomic mass is 16.1. The minimum absolute atomic E-state index is 0.187. The van der Waals surface area contributed by atoms with Crippen LogP contribution in [-0.4, -0.2) is 5.78 Å². The van der Waals surface area contributed by atoms with Gasteiger partial charge in [0.15, 0.2) is 5.78 Å². The van der Waals surface area contributed by atoms with E-state index in [1.54, 1.807) is 5.57 Å². The maximum absolute atomic E-state index is 12.0. The van der Waals surface area contributed by atoms with Crippen molar-refractivity contribution in [2.24, 2.45) is 11.3 Å². The predicted molar refractivity (Wildman–Crippen MR) is 60.5 cm³/mol. The molecule has 3 aliphatic carbocycles. The van der Waals surface area contributed by atoms with Gasteiger partial charge in [0.2, 0.25) is 0 Å². The van der Waals surface area contributed by atoms with Gasteiger partial charge in [-0.1, -0.05) is 31.1 Å². The molecule has 80 valence electrons. The summed E-state index contributed by atoms with van der Waals surface area (Å²) in [5.41, 5.74) is 4.42. The summed E-state index contributed by atoms with van der Waals surface area (Å²) in [7, 11) is 0. The molecule has 0 spiro atoms. The molecule has 1 unspecified atom stereocenters. The molecule has 0 aromatic heterocycles. The highest BCUT2D eigenvalue weighted by Gasteiger charge is 2.47. The normalized spacial score (nSPS) is 32.8. The molecule has 0 saturated carbocycles. The van der Waals surface area contributed by atoms with Crippen molar-refractivity contribution in [3.05, 3.63) is 22.8 Å². The number of hydrogen-bond acceptors (Lipinski definition) is 1. The molecule has 0 bridgehead atoms. The van der Waals surface area contributed by atoms with Crippen LogP contribution in [0, 0.1) is 11.3 Å². The Morgan fingerprint density at radius 2 is 2.13 bits per heavy atom. The Morgan fingerprint density at radius 3 is 2.93 bits per heavy atom. The zero-order chi connectivity index (χ0) is 10.6. The Morgan fingerprint density at radius 1 is 1.33 bits per heavy atom. The van der Waals surface area contributed by atoms with Crippen LogP contribution < -0.4 is 0 Å². The van der Waals surface area contributed by atoms with Gasteiger partial charge in [0.1, 0.15) is 0 Å². The number of carbonyl (C=O) groups is 1. The van der Waals surface area contributed by atoms with Gasteiger partial charge in [-0.05, 0) is 25.7 Å². The minimum Gasteiger partial charge on any atom is -0.295 e. The third-order valence-electron chi connectivity index (χ3n) is 4.48. The second kappa shape index (κ2) is 2.84. The lowest BCUT2D eigenvalue weighted by Crippen LogP contribution is -2.16. The lowest BCUT2D eigenvalue weighted by Gasteiger charge is -2.26. The van der Waals surface area contributed by atoms with E-state index in [4.69, 9.17) is 0 Å². The first-order chi connectivity index (χ1) is 7.12. The van der Waals surface area contributed by atoms with Crippen molar-refractivity contribution in [1.29, 1.82) is 0 Å². The Labute approximate surface area is 91.2 Å². The van der Waals surface area contributed by atoms with Crippen molar-refractivity contribution < 1.29 is 4.79 Å². The van der Waals surface area contributed by atoms with Gasteiger partial charge in [0.05, 0.1) is 0 Å². The van der Waals surface area contributed by atoms with E-state index in [-0.39, 0.29) is 5.41 Å². The summed E-state index contributed by atoms with van der Waals surface area (Å²) in [4.78, 5) is 12.0. The van der Waals surface area contributed by atoms with Crippen LogP contribution in [0.5, 0.6) is 0 Å². The average Bonchev–Trinajstić information content (AvgIpc) is 2.72. The molecule has 1 heteroatoms. The zero-order valence-electron chi connectivity index (χ0n) is 9.60. The zero-order valence-corrected chi connectivity index (χ0v) is 9.60. The van der Waals surface area contributed by atoms with Crippen LogP contribution in [0.3, 0.4) is 0 Å². The number of carbonyl (C=O) groups excluding carboxylic acids is 1. The molecule has 0 aromatic rings. The third kappa shape index (κ3) is 1.07. The van der Waals surface area contributed by atoms with Gasteiger partial charge in [-0.25, -0.2) is 0 Å². The maximum Gasteiger partial charge on any atom is 0.159 e. The molecule has 3 rings (SSSR count). The SMILES string of the molecule is CC1(C)C2=CCCC2C2=C1CCCC2=O. The number of hydrogen-bond donors (Lipinski definition) is 0. The summed E-state index contributed by atoms with van der Waals surface area (Å²) in [5.74, 6) is 0.947. The van der Waals surface area contributed by atoms with E-state index in [2.05, 4.69) is 19.9 Å². The minimum atomic E-state index is 0.187. The summed E-state index contributed by atoms with van der Waals surface area (Å²) in [6.45, 7) is 4.61. The van der Waals surface area contributed by atoms with Gasteiger partial charge in [0, 0.05) is 23.3 Å². The molecule has 0 radical (unpaired) electrons. The van der Waals surface area contributed by atoms with Crippen LogP contribution in [-0.2, 0) is 4.79 Å². The van der Waals surface area contributed by atoms with Crippen LogP contribution in [0.15, 0.2) is 22.8 Å². The van der Waals surface area contributed by atoms with Crippen molar-refractivity contribution in [2.75, 3.05) is 0 Å². The van der Waals surface area contributed by atoms with E-state index in [1.807, 2.05) is 0 Å². The first-order valence-corrected chi connectivity index (χ1v) is 6.09. The van der Waals surface area contributed by atoms with E-state index in [9.17, 15) is 4.79 Å². The quantitative estimate of drug-likeness (QED) is 0.550. The molecule has 0 saturated heterocycles. The van der Waals surface area contributed by atoms with Gasteiger partial charge < -0.3 is 0 Å². The molecule has 1 nitrogen and oxygen atoms in total. The Hall–Kier alpha value is -0.850. The topological polar surface area (TPSA) is 17.1 Å². The lowest BCUT2D eigenvalue weighted by molar-refractivity contribution is -0.116. The fourth-order valence-corrected chi connectivity index (χ4v) is 3.79. The first kappa shape index (κ1) is 9.38. The first-order valence-electron chi connectivity index (χ1n) is 6.09. The van der Waals surface area contributed by atoms with Crippen molar-refractivity contribution in [1.82, 2.24) is 0 Å². The molecule has 3 aliphatic rings. The van der Waals surface area contributed by atoms with E-state index in [0.717, 1.165) is 19.3 Å². The highest BCUT2D eigenvalue weighted by Crippen LogP contribution is 2.57. The van der Waals surface area contributed by atoms with Crippen molar-refractivity contribution in [2.45, 2.75) is 46.0 Å². The molecular formula is C14H18O. The van der Waals surface area contributed by atoms with Gasteiger partial charge in [0.25, 0.3) is 0 Å². The number of allylic oxidation sites excluding steroid dienone is 4. The summed E-state index contributed by atoms with van der Waals surface area (Å²) in [6, 6.07) is 0. The monoisotopic (exact) mass is 202 g/mol. The fraction of sp³-hybridized carbons (Fsp3) is 0.643. The van der Waals surface area contributed by atoms with E-state index in [1.165, 1.54) is 24.0 Å². The highest BCUT2D eigenvalue weighted by molar-refractivity contribution is 5.99. The van der Waals surface area contributed by atoms with E-state index in [0.29, 0.717) is 11.7 Å². The van der Waals surface area contributed by atoms with Crippen LogP contribution in [0.1, 0.15) is 46.0 Å². The second-order valence-electron chi connectivity index (χ2n) is 5.58. The molecule has 1 atom stereocenters. The second-order valence-corrected chi connectivity index (χ2v) is 5.58. The van der Waals surface area contributed by atoms with Crippen LogP contribution in [0.2, 0.25) is 0 Å². The van der Waals surface area contributed by atoms with Crippen molar-refractivity contribution >= 4 is 5.78 Å². The van der Waals surface area contributed by atoms with Crippen LogP contribution >= 0.6 is 0 Å². The molecule has 15 heavy (non-hydrogen) atoms. The van der Waals surface area contributed by atoms with Crippen molar-refractivity contribution in [3.63, 3.8) is 0 Å². The average molecular weight is 202 g/mol. The molecule has 0 N–H and O–H groups in total. The summed E-state index contributed by atoms with van der Waals surface area (Å²) in [5, 5.41) is 0. The largest absolute Gasteiger partial charge is 0.295 e. The summed E-state index contributed by atoms with van der Waals surface area (Å²) >= 11 is 0. The number of Topliss-reactive ketones (excluding diaryl/α,β-unsaturated/α-hetero) is 1. The molecule has 0 aliphatic heterocycles. The smallest absolute Gasteiger partial charge is 0.159 e. The lowest BCUT2D eigenvalue weighted by atomic mass is 9.78. The molecule has 0 aromatic carbocycles. The molecule has 0 amide bonds. The van der Waals surface area contributed by atoms with Crippen LogP contribution in [0.4, 0.5) is 0 Å². The van der Waals surface area contributed by atoms with E-state index >= 15 is 0 Å². The van der Waals surface area contributed by atoms with Crippen molar-refractivity contribution in [3.8, 4) is 0 Å². The number of rotatable bonds is 0. The molecular weight excluding hydrogens is 184 g/mol. The number of ketones is 1. The Kier molecular flexibility index (Phi) is 1.78. The number of fused-ring (bicyclic) bond motifs is 2. The third-order valence-corrected chi connectivity index (χ3v) is 4.48. The summed E-state index contributed by atoms with van der Waals surface area (Å²) < 4.78 is 0. The van der Waals surface area contributed by atoms with Gasteiger partial charge in [-0.3, -0.25) is 4.79 Å². The fourth-order valence-electron chi connectivity index (χ4n) is 3.79. The molecule has 0 heterocycles. The Bertz CT molecular complexity index is 396. The molecule has 0 fully saturated rings. The maximum atomic E-state index is 12.0. The van der Waals surface area contributed by atoms with Gasteiger partial charge in [-0.2, -0.15) is 0 Å². The Balaban J connectivity index is 2.17. The standard InChI is InChI=1S/C14H18O/c1-14(2)10-6-3-5-9(10)13-11(14)7-4-8-12(13)15/h6,9H,3-5,7-8H2,1-2H3. The van der Waals surface area contributed by atoms with E-state index < -0.39 is 0 Å². The van der Waals surface area contributed by atoms with Crippen LogP contribution in [0.25, 0.3) is 0 Å². The summed E-state index contributed by atoms with van der Waals surface area (Å²) in [6.07, 6.45) is 7.76. The predicted octanol–water partition coefficient (Wildman–Crippen LogP) is 3.41. The van der Waals surface area contributed by atoms with Gasteiger partial charge >= 0.3 is 0 Å².